The molecule has 7 nitrogen and oxygen atoms in total. The Bertz CT molecular complexity index is 1280. The fourth-order valence-electron chi connectivity index (χ4n) is 3.01. The first-order chi connectivity index (χ1) is 15.1. The van der Waals surface area contributed by atoms with Crippen LogP contribution in [-0.2, 0) is 4.79 Å². The number of hydrazone groups is 1. The number of furan rings is 1. The molecule has 2 aromatic carbocycles. The molecule has 0 saturated carbocycles. The molecule has 0 spiro atoms. The fraction of sp³-hybridized carbons (Fsp3) is 0.0476. The van der Waals surface area contributed by atoms with Crippen molar-refractivity contribution in [3.05, 3.63) is 87.1 Å². The summed E-state index contributed by atoms with van der Waals surface area (Å²) in [7, 11) is 0. The van der Waals surface area contributed by atoms with E-state index >= 15 is 0 Å². The lowest BCUT2D eigenvalue weighted by Gasteiger charge is -2.11. The molecule has 0 atom stereocenters. The molecule has 4 rings (SSSR count). The second-order valence-electron chi connectivity index (χ2n) is 6.61. The standard InChI is InChI=1S/C21H11ClF3N3O4/c22-13-4-6-14(7-5-13)27-20(29)17(19(26-27)21(23,24)25)11-16-8-9-18(32-16)12-2-1-3-15(10-12)28(30)31/h1-11H/b17-11-. The van der Waals surface area contributed by atoms with Crippen molar-refractivity contribution in [2.45, 2.75) is 6.18 Å². The number of hydrogen-bond donors (Lipinski definition) is 0. The van der Waals surface area contributed by atoms with Gasteiger partial charge >= 0.3 is 6.18 Å². The van der Waals surface area contributed by atoms with Gasteiger partial charge in [0.1, 0.15) is 11.5 Å². The van der Waals surface area contributed by atoms with E-state index < -0.39 is 28.3 Å². The van der Waals surface area contributed by atoms with Crippen LogP contribution in [0, 0.1) is 10.1 Å². The Balaban J connectivity index is 1.71. The number of non-ortho nitro benzene ring substituents is 1. The molecule has 0 fully saturated rings. The van der Waals surface area contributed by atoms with Crippen molar-refractivity contribution in [2.24, 2.45) is 5.10 Å². The number of rotatable bonds is 4. The summed E-state index contributed by atoms with van der Waals surface area (Å²) in [6, 6.07) is 13.9. The molecule has 162 valence electrons. The Morgan fingerprint density at radius 2 is 1.81 bits per heavy atom. The van der Waals surface area contributed by atoms with Gasteiger partial charge in [-0.1, -0.05) is 23.7 Å². The van der Waals surface area contributed by atoms with Crippen LogP contribution in [0.15, 0.2) is 75.8 Å². The summed E-state index contributed by atoms with van der Waals surface area (Å²) >= 11 is 5.79. The second-order valence-corrected chi connectivity index (χ2v) is 7.04. The van der Waals surface area contributed by atoms with Crippen LogP contribution in [0.2, 0.25) is 5.02 Å². The van der Waals surface area contributed by atoms with Gasteiger partial charge in [-0.25, -0.2) is 0 Å². The van der Waals surface area contributed by atoms with Crippen LogP contribution in [0.3, 0.4) is 0 Å². The summed E-state index contributed by atoms with van der Waals surface area (Å²) in [5.74, 6) is -0.858. The molecule has 1 aliphatic rings. The summed E-state index contributed by atoms with van der Waals surface area (Å²) in [5.41, 5.74) is -1.77. The van der Waals surface area contributed by atoms with Crippen LogP contribution in [0.1, 0.15) is 5.76 Å². The van der Waals surface area contributed by atoms with Gasteiger partial charge in [-0.2, -0.15) is 23.3 Å². The zero-order valence-electron chi connectivity index (χ0n) is 15.8. The quantitative estimate of drug-likeness (QED) is 0.276. The molecule has 0 radical (unpaired) electrons. The van der Waals surface area contributed by atoms with E-state index in [-0.39, 0.29) is 22.9 Å². The van der Waals surface area contributed by atoms with Crippen molar-refractivity contribution in [3.8, 4) is 11.3 Å². The van der Waals surface area contributed by atoms with Crippen LogP contribution in [0.25, 0.3) is 17.4 Å². The highest BCUT2D eigenvalue weighted by molar-refractivity contribution is 6.34. The Kier molecular flexibility index (Phi) is 5.31. The van der Waals surface area contributed by atoms with Gasteiger partial charge in [0.15, 0.2) is 5.71 Å². The topological polar surface area (TPSA) is 88.9 Å². The van der Waals surface area contributed by atoms with E-state index in [1.807, 2.05) is 0 Å². The molecule has 1 aromatic heterocycles. The van der Waals surface area contributed by atoms with E-state index in [0.717, 1.165) is 6.08 Å². The Hall–Kier alpha value is -3.92. The van der Waals surface area contributed by atoms with Crippen molar-refractivity contribution in [1.29, 1.82) is 0 Å². The molecule has 2 heterocycles. The van der Waals surface area contributed by atoms with Crippen molar-refractivity contribution in [2.75, 3.05) is 5.01 Å². The summed E-state index contributed by atoms with van der Waals surface area (Å²) < 4.78 is 46.2. The summed E-state index contributed by atoms with van der Waals surface area (Å²) in [6.07, 6.45) is -3.95. The molecule has 32 heavy (non-hydrogen) atoms. The number of carbonyl (C=O) groups excluding carboxylic acids is 1. The van der Waals surface area contributed by atoms with E-state index in [4.69, 9.17) is 16.0 Å². The molecule has 3 aromatic rings. The predicted octanol–water partition coefficient (Wildman–Crippen LogP) is 5.86. The monoisotopic (exact) mass is 461 g/mol. The van der Waals surface area contributed by atoms with Crippen LogP contribution in [-0.4, -0.2) is 22.7 Å². The molecule has 0 saturated heterocycles. The number of carbonyl (C=O) groups is 1. The first-order valence-corrected chi connectivity index (χ1v) is 9.34. The molecule has 11 heteroatoms. The lowest BCUT2D eigenvalue weighted by atomic mass is 10.1. The van der Waals surface area contributed by atoms with Crippen LogP contribution in [0.5, 0.6) is 0 Å². The number of nitro groups is 1. The number of anilines is 1. The molecular formula is C21H11ClF3N3O4. The second kappa shape index (κ2) is 7.97. The first kappa shape index (κ1) is 21.3. The van der Waals surface area contributed by atoms with Crippen molar-refractivity contribution in [3.63, 3.8) is 0 Å². The van der Waals surface area contributed by atoms with E-state index in [9.17, 15) is 28.1 Å². The van der Waals surface area contributed by atoms with Crippen molar-refractivity contribution >= 4 is 40.7 Å². The number of alkyl halides is 3. The minimum Gasteiger partial charge on any atom is -0.457 e. The van der Waals surface area contributed by atoms with Gasteiger partial charge in [-0.15, -0.1) is 0 Å². The fourth-order valence-corrected chi connectivity index (χ4v) is 3.14. The summed E-state index contributed by atoms with van der Waals surface area (Å²) in [5, 5.41) is 15.4. The Morgan fingerprint density at radius 1 is 1.09 bits per heavy atom. The zero-order valence-corrected chi connectivity index (χ0v) is 16.6. The van der Waals surface area contributed by atoms with E-state index in [1.54, 1.807) is 6.07 Å². The van der Waals surface area contributed by atoms with Gasteiger partial charge in [-0.05, 0) is 42.5 Å². The maximum atomic E-state index is 13.6. The van der Waals surface area contributed by atoms with E-state index in [0.29, 0.717) is 15.6 Å². The molecule has 1 amide bonds. The molecule has 0 unspecified atom stereocenters. The Morgan fingerprint density at radius 3 is 2.47 bits per heavy atom. The van der Waals surface area contributed by atoms with Crippen LogP contribution in [0.4, 0.5) is 24.5 Å². The number of amides is 1. The minimum atomic E-state index is -4.89. The molecular weight excluding hydrogens is 451 g/mol. The van der Waals surface area contributed by atoms with Crippen LogP contribution >= 0.6 is 11.6 Å². The van der Waals surface area contributed by atoms with Crippen molar-refractivity contribution in [1.82, 2.24) is 0 Å². The average Bonchev–Trinajstić information content (AvgIpc) is 3.34. The van der Waals surface area contributed by atoms with Crippen molar-refractivity contribution < 1.29 is 27.3 Å². The highest BCUT2D eigenvalue weighted by Crippen LogP contribution is 2.34. The van der Waals surface area contributed by atoms with Gasteiger partial charge in [-0.3, -0.25) is 14.9 Å². The number of halogens is 4. The predicted molar refractivity (Wildman–Crippen MR) is 111 cm³/mol. The highest BCUT2D eigenvalue weighted by Gasteiger charge is 2.47. The lowest BCUT2D eigenvalue weighted by molar-refractivity contribution is -0.384. The third-order valence-electron chi connectivity index (χ3n) is 4.47. The van der Waals surface area contributed by atoms with Gasteiger partial charge in [0.05, 0.1) is 16.2 Å². The smallest absolute Gasteiger partial charge is 0.435 e. The minimum absolute atomic E-state index is 0.0511. The number of nitrogens with zero attached hydrogens (tertiary/aromatic N) is 3. The third kappa shape index (κ3) is 4.12. The molecule has 0 aliphatic carbocycles. The highest BCUT2D eigenvalue weighted by atomic mass is 35.5. The largest absolute Gasteiger partial charge is 0.457 e. The third-order valence-corrected chi connectivity index (χ3v) is 4.72. The lowest BCUT2D eigenvalue weighted by Crippen LogP contribution is -2.25. The zero-order chi connectivity index (χ0) is 23.0. The van der Waals surface area contributed by atoms with Gasteiger partial charge in [0, 0.05) is 22.7 Å². The number of hydrogen-bond acceptors (Lipinski definition) is 5. The number of nitro benzene ring substituents is 1. The summed E-state index contributed by atoms with van der Waals surface area (Å²) in [4.78, 5) is 23.1. The van der Waals surface area contributed by atoms with E-state index in [2.05, 4.69) is 5.10 Å². The average molecular weight is 462 g/mol. The number of benzene rings is 2. The Labute approximate surface area is 183 Å². The normalized spacial score (nSPS) is 15.4. The molecule has 0 bridgehead atoms. The van der Waals surface area contributed by atoms with Gasteiger partial charge in [0.2, 0.25) is 0 Å². The van der Waals surface area contributed by atoms with Crippen LogP contribution < -0.4 is 5.01 Å². The maximum absolute atomic E-state index is 13.6. The molecule has 1 aliphatic heterocycles. The maximum Gasteiger partial charge on any atom is 0.435 e. The van der Waals surface area contributed by atoms with Gasteiger partial charge in [0.25, 0.3) is 11.6 Å². The van der Waals surface area contributed by atoms with E-state index in [1.165, 1.54) is 54.6 Å². The summed E-state index contributed by atoms with van der Waals surface area (Å²) in [6.45, 7) is 0. The first-order valence-electron chi connectivity index (χ1n) is 8.96. The molecule has 0 N–H and O–H groups in total. The SMILES string of the molecule is O=C1/C(=C\c2ccc(-c3cccc([N+](=O)[O-])c3)o2)C(C(F)(F)F)=NN1c1ccc(Cl)cc1. The van der Waals surface area contributed by atoms with Gasteiger partial charge < -0.3 is 4.42 Å².